The molecule has 0 spiro atoms. The number of rotatable bonds is 6. The van der Waals surface area contributed by atoms with Gasteiger partial charge in [0.15, 0.2) is 5.16 Å². The Bertz CT molecular complexity index is 1380. The number of amides is 1. The monoisotopic (exact) mass is 471 g/mol. The minimum atomic E-state index is -0.854. The van der Waals surface area contributed by atoms with Crippen molar-refractivity contribution < 1.29 is 13.6 Å². The second kappa shape index (κ2) is 9.22. The van der Waals surface area contributed by atoms with Crippen LogP contribution in [0.1, 0.15) is 16.7 Å². The molecule has 0 saturated heterocycles. The average molecular weight is 472 g/mol. The Labute approximate surface area is 191 Å². The van der Waals surface area contributed by atoms with Crippen LogP contribution in [0.2, 0.25) is 0 Å². The normalized spacial score (nSPS) is 11.1. The minimum Gasteiger partial charge on any atom is -0.323 e. The molecule has 0 fully saturated rings. The van der Waals surface area contributed by atoms with Crippen LogP contribution >= 0.6 is 23.1 Å². The summed E-state index contributed by atoms with van der Waals surface area (Å²) >= 11 is 2.42. The van der Waals surface area contributed by atoms with E-state index in [1.807, 2.05) is 32.0 Å². The molecule has 164 valence electrons. The van der Waals surface area contributed by atoms with Crippen LogP contribution in [0.5, 0.6) is 0 Å². The van der Waals surface area contributed by atoms with Gasteiger partial charge in [0.25, 0.3) is 5.56 Å². The summed E-state index contributed by atoms with van der Waals surface area (Å²) in [5.41, 5.74) is 3.53. The molecule has 2 heterocycles. The van der Waals surface area contributed by atoms with Gasteiger partial charge in [0.05, 0.1) is 23.5 Å². The second-order valence-electron chi connectivity index (χ2n) is 7.30. The quantitative estimate of drug-likeness (QED) is 0.313. The molecule has 0 atom stereocenters. The first-order valence-electron chi connectivity index (χ1n) is 9.73. The molecule has 4 aromatic rings. The molecule has 0 saturated carbocycles. The van der Waals surface area contributed by atoms with Crippen LogP contribution in [-0.2, 0) is 11.3 Å². The Morgan fingerprint density at radius 1 is 1.12 bits per heavy atom. The number of benzene rings is 2. The van der Waals surface area contributed by atoms with Crippen LogP contribution in [0.25, 0.3) is 10.2 Å². The fourth-order valence-electron chi connectivity index (χ4n) is 3.16. The number of carbonyl (C=O) groups is 1. The van der Waals surface area contributed by atoms with Gasteiger partial charge in [-0.1, -0.05) is 30.0 Å². The summed E-state index contributed by atoms with van der Waals surface area (Å²) < 4.78 is 29.0. The fraction of sp³-hybridized carbons (Fsp3) is 0.174. The summed E-state index contributed by atoms with van der Waals surface area (Å²) in [5, 5.41) is 4.62. The van der Waals surface area contributed by atoms with E-state index in [-0.39, 0.29) is 17.0 Å². The molecule has 0 unspecified atom stereocenters. The molecule has 32 heavy (non-hydrogen) atoms. The third kappa shape index (κ3) is 4.73. The van der Waals surface area contributed by atoms with E-state index in [9.17, 15) is 18.4 Å². The van der Waals surface area contributed by atoms with Crippen LogP contribution in [0, 0.1) is 25.5 Å². The minimum absolute atomic E-state index is 0.0914. The van der Waals surface area contributed by atoms with E-state index in [2.05, 4.69) is 10.3 Å². The lowest BCUT2D eigenvalue weighted by Crippen LogP contribution is -2.24. The van der Waals surface area contributed by atoms with Gasteiger partial charge < -0.3 is 5.32 Å². The number of anilines is 1. The van der Waals surface area contributed by atoms with Crippen molar-refractivity contribution in [3.05, 3.63) is 86.5 Å². The zero-order chi connectivity index (χ0) is 22.8. The van der Waals surface area contributed by atoms with Crippen molar-refractivity contribution in [2.45, 2.75) is 25.5 Å². The van der Waals surface area contributed by atoms with Crippen molar-refractivity contribution in [3.63, 3.8) is 0 Å². The predicted molar refractivity (Wildman–Crippen MR) is 125 cm³/mol. The van der Waals surface area contributed by atoms with Gasteiger partial charge in [0.2, 0.25) is 5.91 Å². The number of nitrogens with one attached hydrogen (secondary N) is 1. The molecule has 5 nitrogen and oxygen atoms in total. The molecule has 0 bridgehead atoms. The van der Waals surface area contributed by atoms with Gasteiger partial charge >= 0.3 is 0 Å². The van der Waals surface area contributed by atoms with Gasteiger partial charge in [-0.3, -0.25) is 14.2 Å². The van der Waals surface area contributed by atoms with Gasteiger partial charge in [-0.15, -0.1) is 11.3 Å². The Morgan fingerprint density at radius 2 is 1.94 bits per heavy atom. The average Bonchev–Trinajstić information content (AvgIpc) is 3.22. The van der Waals surface area contributed by atoms with Gasteiger partial charge in [-0.25, -0.2) is 13.8 Å². The van der Waals surface area contributed by atoms with Gasteiger partial charge in [0, 0.05) is 6.07 Å². The molecule has 0 aliphatic carbocycles. The maximum Gasteiger partial charge on any atom is 0.272 e. The number of aromatic nitrogens is 2. The lowest BCUT2D eigenvalue weighted by atomic mass is 10.1. The molecule has 2 aromatic heterocycles. The number of hydrogen-bond acceptors (Lipinski definition) is 5. The predicted octanol–water partition coefficient (Wildman–Crippen LogP) is 5.13. The number of nitrogens with zero attached hydrogens (tertiary/aromatic N) is 2. The summed E-state index contributed by atoms with van der Waals surface area (Å²) in [6.45, 7) is 4.35. The Balaban J connectivity index is 1.59. The zero-order valence-corrected chi connectivity index (χ0v) is 18.9. The molecule has 1 N–H and O–H groups in total. The summed E-state index contributed by atoms with van der Waals surface area (Å²) in [7, 11) is 0. The van der Waals surface area contributed by atoms with Crippen molar-refractivity contribution in [1.29, 1.82) is 0 Å². The standard InChI is InChI=1S/C23H19F2N3O2S2/c1-13-3-4-15(9-14(13)2)11-28-22(30)21-19(7-8-31-21)27-23(28)32-12-20(29)26-18-6-5-16(24)10-17(18)25/h3-10H,11-12H2,1-2H3,(H,26,29). The summed E-state index contributed by atoms with van der Waals surface area (Å²) in [4.78, 5) is 30.1. The Kier molecular flexibility index (Phi) is 6.38. The first-order valence-corrected chi connectivity index (χ1v) is 11.6. The van der Waals surface area contributed by atoms with Crippen molar-refractivity contribution in [3.8, 4) is 0 Å². The van der Waals surface area contributed by atoms with Crippen LogP contribution in [0.15, 0.2) is 57.8 Å². The lowest BCUT2D eigenvalue weighted by molar-refractivity contribution is -0.113. The second-order valence-corrected chi connectivity index (χ2v) is 9.16. The molecular formula is C23H19F2N3O2S2. The molecule has 9 heteroatoms. The van der Waals surface area contributed by atoms with Gasteiger partial charge in [-0.2, -0.15) is 0 Å². The number of hydrogen-bond donors (Lipinski definition) is 1. The molecule has 0 aliphatic heterocycles. The van der Waals surface area contributed by atoms with Crippen LogP contribution in [0.3, 0.4) is 0 Å². The van der Waals surface area contributed by atoms with Crippen molar-refractivity contribution in [2.24, 2.45) is 0 Å². The first-order chi connectivity index (χ1) is 15.3. The van der Waals surface area contributed by atoms with Gasteiger partial charge in [-0.05, 0) is 54.1 Å². The van der Waals surface area contributed by atoms with Crippen LogP contribution in [-0.4, -0.2) is 21.2 Å². The van der Waals surface area contributed by atoms with Crippen molar-refractivity contribution >= 4 is 44.9 Å². The summed E-state index contributed by atoms with van der Waals surface area (Å²) in [6.07, 6.45) is 0. The number of fused-ring (bicyclic) bond motifs is 1. The van der Waals surface area contributed by atoms with E-state index in [0.29, 0.717) is 28.0 Å². The zero-order valence-electron chi connectivity index (χ0n) is 17.3. The van der Waals surface area contributed by atoms with Gasteiger partial charge in [0.1, 0.15) is 16.3 Å². The van der Waals surface area contributed by atoms with E-state index in [0.717, 1.165) is 34.5 Å². The van der Waals surface area contributed by atoms with E-state index >= 15 is 0 Å². The highest BCUT2D eigenvalue weighted by Gasteiger charge is 2.16. The highest BCUT2D eigenvalue weighted by Crippen LogP contribution is 2.23. The molecule has 4 rings (SSSR count). The summed E-state index contributed by atoms with van der Waals surface area (Å²) in [6, 6.07) is 10.7. The Hall–Kier alpha value is -3.04. The summed E-state index contributed by atoms with van der Waals surface area (Å²) in [5.74, 6) is -2.16. The molecule has 0 aliphatic rings. The highest BCUT2D eigenvalue weighted by molar-refractivity contribution is 7.99. The number of aryl methyl sites for hydroxylation is 2. The van der Waals surface area contributed by atoms with Crippen molar-refractivity contribution in [2.75, 3.05) is 11.1 Å². The smallest absolute Gasteiger partial charge is 0.272 e. The fourth-order valence-corrected chi connectivity index (χ4v) is 4.74. The lowest BCUT2D eigenvalue weighted by Gasteiger charge is -2.13. The van der Waals surface area contributed by atoms with E-state index in [1.165, 1.54) is 17.4 Å². The van der Waals surface area contributed by atoms with Crippen molar-refractivity contribution in [1.82, 2.24) is 9.55 Å². The maximum absolute atomic E-state index is 13.8. The third-order valence-electron chi connectivity index (χ3n) is 4.98. The molecular weight excluding hydrogens is 452 g/mol. The van der Waals surface area contributed by atoms with Crippen LogP contribution in [0.4, 0.5) is 14.5 Å². The number of thioether (sulfide) groups is 1. The topological polar surface area (TPSA) is 64.0 Å². The number of carbonyl (C=O) groups excluding carboxylic acids is 1. The van der Waals surface area contributed by atoms with E-state index < -0.39 is 17.5 Å². The molecule has 0 radical (unpaired) electrons. The van der Waals surface area contributed by atoms with E-state index in [1.54, 1.807) is 16.0 Å². The number of thiophene rings is 1. The SMILES string of the molecule is Cc1ccc(Cn2c(SCC(=O)Nc3ccc(F)cc3F)nc3ccsc3c2=O)cc1C. The molecule has 2 aromatic carbocycles. The maximum atomic E-state index is 13.8. The first kappa shape index (κ1) is 22.2. The largest absolute Gasteiger partial charge is 0.323 e. The van der Waals surface area contributed by atoms with Crippen LogP contribution < -0.4 is 10.9 Å². The highest BCUT2D eigenvalue weighted by atomic mass is 32.2. The Morgan fingerprint density at radius 3 is 2.69 bits per heavy atom. The number of halogens is 2. The third-order valence-corrected chi connectivity index (χ3v) is 6.85. The van der Waals surface area contributed by atoms with E-state index in [4.69, 9.17) is 0 Å². The molecule has 1 amide bonds.